The van der Waals surface area contributed by atoms with Gasteiger partial charge in [0.1, 0.15) is 17.5 Å². The first-order valence-corrected chi connectivity index (χ1v) is 7.88. The molecule has 2 aliphatic rings. The Morgan fingerprint density at radius 2 is 1.96 bits per heavy atom. The van der Waals surface area contributed by atoms with Crippen LogP contribution < -0.4 is 5.56 Å². The van der Waals surface area contributed by atoms with Gasteiger partial charge in [0.05, 0.1) is 5.69 Å². The Balaban J connectivity index is 1.57. The third-order valence-electron chi connectivity index (χ3n) is 4.46. The van der Waals surface area contributed by atoms with E-state index in [2.05, 4.69) is 14.9 Å². The molecule has 1 aliphatic carbocycles. The zero-order valence-corrected chi connectivity index (χ0v) is 12.6. The molecule has 0 bridgehead atoms. The molecule has 0 saturated heterocycles. The number of hydrogen-bond donors (Lipinski definition) is 1. The number of hydrogen-bond acceptors (Lipinski definition) is 3. The molecule has 4 rings (SSSR count). The number of aromatic amines is 1. The van der Waals surface area contributed by atoms with E-state index in [4.69, 9.17) is 0 Å². The molecule has 2 heterocycles. The van der Waals surface area contributed by atoms with Gasteiger partial charge in [-0.1, -0.05) is 0 Å². The van der Waals surface area contributed by atoms with E-state index < -0.39 is 11.6 Å². The molecule has 0 amide bonds. The van der Waals surface area contributed by atoms with E-state index in [1.54, 1.807) is 0 Å². The largest absolute Gasteiger partial charge is 0.310 e. The summed E-state index contributed by atoms with van der Waals surface area (Å²) in [4.78, 5) is 21.7. The molecule has 23 heavy (non-hydrogen) atoms. The van der Waals surface area contributed by atoms with Crippen molar-refractivity contribution in [2.75, 3.05) is 6.54 Å². The molecule has 6 heteroatoms. The molecular formula is C17H17F2N3O. The van der Waals surface area contributed by atoms with Gasteiger partial charge >= 0.3 is 0 Å². The van der Waals surface area contributed by atoms with Gasteiger partial charge in [-0.05, 0) is 37.0 Å². The Kier molecular flexibility index (Phi) is 3.49. The zero-order chi connectivity index (χ0) is 16.0. The molecule has 1 N–H and O–H groups in total. The highest BCUT2D eigenvalue weighted by Crippen LogP contribution is 2.37. The number of rotatable bonds is 3. The summed E-state index contributed by atoms with van der Waals surface area (Å²) in [5, 5.41) is 0. The minimum Gasteiger partial charge on any atom is -0.310 e. The van der Waals surface area contributed by atoms with Gasteiger partial charge < -0.3 is 4.98 Å². The fraction of sp³-hybridized carbons (Fsp3) is 0.412. The van der Waals surface area contributed by atoms with Crippen molar-refractivity contribution in [3.63, 3.8) is 0 Å². The van der Waals surface area contributed by atoms with Crippen molar-refractivity contribution in [3.05, 3.63) is 62.8 Å². The number of H-pyrrole nitrogens is 1. The maximum Gasteiger partial charge on any atom is 0.254 e. The quantitative estimate of drug-likeness (QED) is 0.946. The lowest BCUT2D eigenvalue weighted by Crippen LogP contribution is -2.35. The summed E-state index contributed by atoms with van der Waals surface area (Å²) in [6, 6.07) is 3.57. The molecule has 4 nitrogen and oxygen atoms in total. The Morgan fingerprint density at radius 1 is 1.22 bits per heavy atom. The third-order valence-corrected chi connectivity index (χ3v) is 4.46. The first-order chi connectivity index (χ1) is 11.1. The van der Waals surface area contributed by atoms with Gasteiger partial charge in [0.2, 0.25) is 0 Å². The lowest BCUT2D eigenvalue weighted by molar-refractivity contribution is 0.239. The summed E-state index contributed by atoms with van der Waals surface area (Å²) in [5.74, 6) is 0.0408. The smallest absolute Gasteiger partial charge is 0.254 e. The normalized spacial score (nSPS) is 18.0. The highest BCUT2D eigenvalue weighted by Gasteiger charge is 2.29. The summed E-state index contributed by atoms with van der Waals surface area (Å²) in [6.45, 7) is 1.66. The van der Waals surface area contributed by atoms with Crippen LogP contribution in [0.25, 0.3) is 0 Å². The fourth-order valence-electron chi connectivity index (χ4n) is 3.16. The second kappa shape index (κ2) is 5.53. The predicted molar refractivity (Wildman–Crippen MR) is 81.0 cm³/mol. The summed E-state index contributed by atoms with van der Waals surface area (Å²) < 4.78 is 26.6. The molecular weight excluding hydrogens is 300 g/mol. The number of benzene rings is 1. The monoisotopic (exact) mass is 317 g/mol. The summed E-state index contributed by atoms with van der Waals surface area (Å²) in [7, 11) is 0. The van der Waals surface area contributed by atoms with E-state index in [0.29, 0.717) is 37.5 Å². The van der Waals surface area contributed by atoms with E-state index in [-0.39, 0.29) is 5.56 Å². The maximum atomic E-state index is 13.3. The van der Waals surface area contributed by atoms with Gasteiger partial charge in [0.25, 0.3) is 5.56 Å². The third kappa shape index (κ3) is 3.03. The highest BCUT2D eigenvalue weighted by molar-refractivity contribution is 5.24. The van der Waals surface area contributed by atoms with Gasteiger partial charge in [-0.25, -0.2) is 13.8 Å². The molecule has 1 aromatic heterocycles. The van der Waals surface area contributed by atoms with E-state index in [1.807, 2.05) is 0 Å². The summed E-state index contributed by atoms with van der Waals surface area (Å²) >= 11 is 0. The van der Waals surface area contributed by atoms with Crippen molar-refractivity contribution >= 4 is 0 Å². The number of fused-ring (bicyclic) bond motifs is 1. The van der Waals surface area contributed by atoms with E-state index in [1.165, 1.54) is 12.1 Å². The molecule has 1 fully saturated rings. The average molecular weight is 317 g/mol. The molecule has 0 spiro atoms. The SMILES string of the molecule is O=c1[nH]c(C2CC2)nc2c1CCN(Cc1cc(F)cc(F)c1)C2. The zero-order valence-electron chi connectivity index (χ0n) is 12.6. The van der Waals surface area contributed by atoms with Crippen molar-refractivity contribution in [1.29, 1.82) is 0 Å². The highest BCUT2D eigenvalue weighted by atomic mass is 19.1. The van der Waals surface area contributed by atoms with Crippen LogP contribution >= 0.6 is 0 Å². The molecule has 2 aromatic rings. The number of nitrogens with one attached hydrogen (secondary N) is 1. The van der Waals surface area contributed by atoms with Crippen molar-refractivity contribution < 1.29 is 8.78 Å². The van der Waals surface area contributed by atoms with Crippen molar-refractivity contribution in [2.24, 2.45) is 0 Å². The predicted octanol–water partition coefficient (Wildman–Crippen LogP) is 2.48. The summed E-state index contributed by atoms with van der Waals surface area (Å²) in [6.07, 6.45) is 2.77. The Bertz CT molecular complexity index is 794. The molecule has 0 radical (unpaired) electrons. The Hall–Kier alpha value is -2.08. The van der Waals surface area contributed by atoms with Crippen LogP contribution in [-0.2, 0) is 19.5 Å². The van der Waals surface area contributed by atoms with E-state index in [9.17, 15) is 13.6 Å². The van der Waals surface area contributed by atoms with E-state index >= 15 is 0 Å². The standard InChI is InChI=1S/C17H17F2N3O/c18-12-5-10(6-13(19)7-12)8-22-4-3-14-15(9-22)20-16(11-1-2-11)21-17(14)23/h5-7,11H,1-4,8-9H2,(H,20,21,23). The van der Waals surface area contributed by atoms with Crippen molar-refractivity contribution in [3.8, 4) is 0 Å². The maximum absolute atomic E-state index is 13.3. The van der Waals surface area contributed by atoms with Gasteiger partial charge in [-0.2, -0.15) is 0 Å². The van der Waals surface area contributed by atoms with Crippen LogP contribution in [0.1, 0.15) is 41.4 Å². The van der Waals surface area contributed by atoms with Gasteiger partial charge in [0, 0.05) is 37.2 Å². The Labute approximate surface area is 132 Å². The van der Waals surface area contributed by atoms with Gasteiger partial charge in [0.15, 0.2) is 0 Å². The van der Waals surface area contributed by atoms with Gasteiger partial charge in [-0.15, -0.1) is 0 Å². The minimum absolute atomic E-state index is 0.0339. The van der Waals surface area contributed by atoms with Crippen LogP contribution in [0.4, 0.5) is 8.78 Å². The van der Waals surface area contributed by atoms with Crippen molar-refractivity contribution in [1.82, 2.24) is 14.9 Å². The van der Waals surface area contributed by atoms with Crippen LogP contribution in [-0.4, -0.2) is 21.4 Å². The number of nitrogens with zero attached hydrogens (tertiary/aromatic N) is 2. The lowest BCUT2D eigenvalue weighted by atomic mass is 10.1. The molecule has 120 valence electrons. The average Bonchev–Trinajstić information content (AvgIpc) is 3.30. The second-order valence-corrected chi connectivity index (χ2v) is 6.39. The first-order valence-electron chi connectivity index (χ1n) is 7.88. The van der Waals surface area contributed by atoms with Crippen LogP contribution in [0.2, 0.25) is 0 Å². The minimum atomic E-state index is -0.567. The van der Waals surface area contributed by atoms with Crippen LogP contribution in [0.15, 0.2) is 23.0 Å². The lowest BCUT2D eigenvalue weighted by Gasteiger charge is -2.27. The molecule has 0 atom stereocenters. The molecule has 1 saturated carbocycles. The van der Waals surface area contributed by atoms with Gasteiger partial charge in [-0.3, -0.25) is 9.69 Å². The fourth-order valence-corrected chi connectivity index (χ4v) is 3.16. The number of halogens is 2. The van der Waals surface area contributed by atoms with Crippen LogP contribution in [0.3, 0.4) is 0 Å². The van der Waals surface area contributed by atoms with Crippen molar-refractivity contribution in [2.45, 2.75) is 38.3 Å². The van der Waals surface area contributed by atoms with Crippen LogP contribution in [0, 0.1) is 11.6 Å². The first kappa shape index (κ1) is 14.5. The molecule has 1 aromatic carbocycles. The second-order valence-electron chi connectivity index (χ2n) is 6.39. The van der Waals surface area contributed by atoms with Crippen LogP contribution in [0.5, 0.6) is 0 Å². The number of aromatic nitrogens is 2. The molecule has 0 unspecified atom stereocenters. The molecule has 1 aliphatic heterocycles. The van der Waals surface area contributed by atoms with E-state index in [0.717, 1.165) is 36.0 Å². The topological polar surface area (TPSA) is 49.0 Å². The summed E-state index contributed by atoms with van der Waals surface area (Å²) in [5.41, 5.74) is 2.11. The Morgan fingerprint density at radius 3 is 2.65 bits per heavy atom.